The highest BCUT2D eigenvalue weighted by molar-refractivity contribution is 14.1. The summed E-state index contributed by atoms with van der Waals surface area (Å²) in [5.74, 6) is 0.566. The van der Waals surface area contributed by atoms with Gasteiger partial charge in [0, 0.05) is 15.3 Å². The Kier molecular flexibility index (Phi) is 6.57. The minimum absolute atomic E-state index is 0.112. The zero-order chi connectivity index (χ0) is 21.8. The highest BCUT2D eigenvalue weighted by Crippen LogP contribution is 2.24. The summed E-state index contributed by atoms with van der Waals surface area (Å²) in [7, 11) is 1.57. The van der Waals surface area contributed by atoms with E-state index in [0.29, 0.717) is 27.5 Å². The van der Waals surface area contributed by atoms with E-state index in [1.54, 1.807) is 25.3 Å². The van der Waals surface area contributed by atoms with E-state index >= 15 is 0 Å². The molecule has 0 saturated carbocycles. The molecule has 1 amide bonds. The summed E-state index contributed by atoms with van der Waals surface area (Å²) in [5.41, 5.74) is 1.75. The van der Waals surface area contributed by atoms with E-state index in [1.165, 1.54) is 16.3 Å². The quantitative estimate of drug-likeness (QED) is 0.216. The van der Waals surface area contributed by atoms with Crippen LogP contribution in [0.15, 0.2) is 82.7 Å². The average molecular weight is 543 g/mol. The summed E-state index contributed by atoms with van der Waals surface area (Å²) in [4.78, 5) is 30.4. The Morgan fingerprint density at radius 1 is 1.10 bits per heavy atom. The van der Waals surface area contributed by atoms with Crippen molar-refractivity contribution in [2.75, 3.05) is 18.2 Å². The van der Waals surface area contributed by atoms with Gasteiger partial charge in [0.05, 0.1) is 29.5 Å². The summed E-state index contributed by atoms with van der Waals surface area (Å²) in [6.45, 7) is 0. The number of fused-ring (bicyclic) bond motifs is 1. The van der Waals surface area contributed by atoms with Gasteiger partial charge in [0.1, 0.15) is 5.75 Å². The van der Waals surface area contributed by atoms with Crippen LogP contribution >= 0.6 is 34.4 Å². The minimum Gasteiger partial charge on any atom is -0.497 e. The summed E-state index contributed by atoms with van der Waals surface area (Å²) in [6.07, 6.45) is 0. The molecule has 4 rings (SSSR count). The number of ether oxygens (including phenoxy) is 1. The summed E-state index contributed by atoms with van der Waals surface area (Å²) in [5, 5.41) is 3.82. The number of carbonyl (C=O) groups is 1. The molecule has 0 unspecified atom stereocenters. The van der Waals surface area contributed by atoms with E-state index in [0.717, 1.165) is 9.26 Å². The van der Waals surface area contributed by atoms with Gasteiger partial charge in [-0.15, -0.1) is 0 Å². The third-order valence-electron chi connectivity index (χ3n) is 4.52. The van der Waals surface area contributed by atoms with Gasteiger partial charge in [-0.1, -0.05) is 30.0 Å². The van der Waals surface area contributed by atoms with Crippen molar-refractivity contribution >= 4 is 56.9 Å². The molecule has 6 nitrogen and oxygen atoms in total. The lowest BCUT2D eigenvalue weighted by Gasteiger charge is -2.14. The van der Waals surface area contributed by atoms with Crippen LogP contribution in [0.1, 0.15) is 0 Å². The summed E-state index contributed by atoms with van der Waals surface area (Å²) >= 11 is 3.42. The molecule has 4 aromatic rings. The standard InChI is InChI=1S/C23H18IN3O3S/c1-30-18-6-4-5-17(13-18)27-22(29)19-7-2-3-8-20(19)26-23(27)31-14-21(28)25-16-11-9-15(24)10-12-16/h2-13H,14H2,1H3,(H,25,28). The Bertz CT molecular complexity index is 1310. The van der Waals surface area contributed by atoms with Gasteiger partial charge in [-0.3, -0.25) is 14.2 Å². The first-order chi connectivity index (χ1) is 15.0. The van der Waals surface area contributed by atoms with Crippen molar-refractivity contribution in [2.45, 2.75) is 5.16 Å². The Morgan fingerprint density at radius 2 is 1.87 bits per heavy atom. The molecule has 0 radical (unpaired) electrons. The van der Waals surface area contributed by atoms with E-state index in [-0.39, 0.29) is 17.2 Å². The number of nitrogens with one attached hydrogen (secondary N) is 1. The third-order valence-corrected chi connectivity index (χ3v) is 6.17. The molecule has 0 aliphatic heterocycles. The van der Waals surface area contributed by atoms with E-state index in [4.69, 9.17) is 4.74 Å². The van der Waals surface area contributed by atoms with Crippen molar-refractivity contribution < 1.29 is 9.53 Å². The van der Waals surface area contributed by atoms with Gasteiger partial charge in [0.2, 0.25) is 5.91 Å². The maximum Gasteiger partial charge on any atom is 0.266 e. The first-order valence-corrected chi connectivity index (χ1v) is 11.5. The van der Waals surface area contributed by atoms with Crippen LogP contribution in [-0.4, -0.2) is 28.3 Å². The fourth-order valence-electron chi connectivity index (χ4n) is 3.05. The predicted molar refractivity (Wildman–Crippen MR) is 132 cm³/mol. The van der Waals surface area contributed by atoms with Crippen molar-refractivity contribution in [1.82, 2.24) is 9.55 Å². The van der Waals surface area contributed by atoms with Crippen molar-refractivity contribution in [3.05, 3.63) is 86.7 Å². The average Bonchev–Trinajstić information content (AvgIpc) is 2.79. The number of benzene rings is 3. The van der Waals surface area contributed by atoms with Crippen molar-refractivity contribution in [2.24, 2.45) is 0 Å². The molecule has 8 heteroatoms. The number of nitrogens with zero attached hydrogens (tertiary/aromatic N) is 2. The lowest BCUT2D eigenvalue weighted by Crippen LogP contribution is -2.23. The van der Waals surface area contributed by atoms with Crippen LogP contribution in [0.3, 0.4) is 0 Å². The van der Waals surface area contributed by atoms with E-state index in [2.05, 4.69) is 32.9 Å². The first-order valence-electron chi connectivity index (χ1n) is 9.39. The van der Waals surface area contributed by atoms with Crippen LogP contribution in [0.4, 0.5) is 5.69 Å². The van der Waals surface area contributed by atoms with E-state index in [1.807, 2.05) is 54.6 Å². The monoisotopic (exact) mass is 543 g/mol. The van der Waals surface area contributed by atoms with Gasteiger partial charge < -0.3 is 10.1 Å². The zero-order valence-corrected chi connectivity index (χ0v) is 19.5. The maximum absolute atomic E-state index is 13.3. The molecule has 0 aliphatic carbocycles. The van der Waals surface area contributed by atoms with Crippen LogP contribution in [0, 0.1) is 3.57 Å². The van der Waals surface area contributed by atoms with Crippen molar-refractivity contribution in [1.29, 1.82) is 0 Å². The number of methoxy groups -OCH3 is 1. The van der Waals surface area contributed by atoms with Gasteiger partial charge in [0.15, 0.2) is 5.16 Å². The van der Waals surface area contributed by atoms with Crippen LogP contribution in [-0.2, 0) is 4.79 Å². The summed E-state index contributed by atoms with van der Waals surface area (Å²) < 4.78 is 7.92. The summed E-state index contributed by atoms with van der Waals surface area (Å²) in [6, 6.07) is 22.0. The number of carbonyl (C=O) groups excluding carboxylic acids is 1. The van der Waals surface area contributed by atoms with Gasteiger partial charge in [-0.05, 0) is 71.1 Å². The number of thioether (sulfide) groups is 1. The van der Waals surface area contributed by atoms with Crippen molar-refractivity contribution in [3.63, 3.8) is 0 Å². The lowest BCUT2D eigenvalue weighted by molar-refractivity contribution is -0.113. The maximum atomic E-state index is 13.3. The third kappa shape index (κ3) is 4.91. The molecular weight excluding hydrogens is 525 g/mol. The smallest absolute Gasteiger partial charge is 0.266 e. The molecule has 0 saturated heterocycles. The fourth-order valence-corrected chi connectivity index (χ4v) is 4.22. The number of hydrogen-bond acceptors (Lipinski definition) is 5. The van der Waals surface area contributed by atoms with Gasteiger partial charge in [-0.25, -0.2) is 4.98 Å². The van der Waals surface area contributed by atoms with Crippen LogP contribution in [0.2, 0.25) is 0 Å². The van der Waals surface area contributed by atoms with Crippen molar-refractivity contribution in [3.8, 4) is 11.4 Å². The van der Waals surface area contributed by atoms with Gasteiger partial charge >= 0.3 is 0 Å². The SMILES string of the molecule is COc1cccc(-n2c(SCC(=O)Nc3ccc(I)cc3)nc3ccccc3c2=O)c1. The molecule has 0 bridgehead atoms. The van der Waals surface area contributed by atoms with E-state index < -0.39 is 0 Å². The van der Waals surface area contributed by atoms with Crippen LogP contribution in [0.25, 0.3) is 16.6 Å². The lowest BCUT2D eigenvalue weighted by atomic mass is 10.2. The number of rotatable bonds is 6. The van der Waals surface area contributed by atoms with Crippen LogP contribution < -0.4 is 15.6 Å². The number of para-hydroxylation sites is 1. The van der Waals surface area contributed by atoms with Gasteiger partial charge in [0.25, 0.3) is 5.56 Å². The molecule has 3 aromatic carbocycles. The molecule has 1 N–H and O–H groups in total. The highest BCUT2D eigenvalue weighted by Gasteiger charge is 2.15. The number of hydrogen-bond donors (Lipinski definition) is 1. The normalized spacial score (nSPS) is 10.8. The molecule has 0 atom stereocenters. The molecule has 1 heterocycles. The Labute approximate surface area is 196 Å². The largest absolute Gasteiger partial charge is 0.497 e. The van der Waals surface area contributed by atoms with Crippen LogP contribution in [0.5, 0.6) is 5.75 Å². The molecule has 1 aromatic heterocycles. The minimum atomic E-state index is -0.195. The first kappa shape index (κ1) is 21.4. The highest BCUT2D eigenvalue weighted by atomic mass is 127. The predicted octanol–water partition coefficient (Wildman–Crippen LogP) is 4.73. The second kappa shape index (κ2) is 9.52. The Hall–Kier alpha value is -2.85. The Morgan fingerprint density at radius 3 is 2.65 bits per heavy atom. The number of halogens is 1. The molecular formula is C23H18IN3O3S. The fraction of sp³-hybridized carbons (Fsp3) is 0.0870. The molecule has 0 fully saturated rings. The van der Waals surface area contributed by atoms with Gasteiger partial charge in [-0.2, -0.15) is 0 Å². The zero-order valence-electron chi connectivity index (χ0n) is 16.5. The topological polar surface area (TPSA) is 73.2 Å². The molecule has 31 heavy (non-hydrogen) atoms. The molecule has 0 spiro atoms. The Balaban J connectivity index is 1.68. The number of aromatic nitrogens is 2. The second-order valence-electron chi connectivity index (χ2n) is 6.60. The number of amides is 1. The second-order valence-corrected chi connectivity index (χ2v) is 8.79. The molecule has 0 aliphatic rings. The number of anilines is 1. The molecule has 156 valence electrons. The van der Waals surface area contributed by atoms with E-state index in [9.17, 15) is 9.59 Å².